The van der Waals surface area contributed by atoms with E-state index in [9.17, 15) is 0 Å². The molecule has 0 aliphatic heterocycles. The lowest BCUT2D eigenvalue weighted by atomic mass is 9.83. The van der Waals surface area contributed by atoms with Crippen LogP contribution in [0.2, 0.25) is 0 Å². The highest BCUT2D eigenvalue weighted by Gasteiger charge is 2.23. The first-order chi connectivity index (χ1) is 23.7. The topological polar surface area (TPSA) is 30.7 Å². The lowest BCUT2D eigenvalue weighted by molar-refractivity contribution is 0.590. The molecule has 0 saturated carbocycles. The van der Waals surface area contributed by atoms with E-state index < -0.39 is 0 Å². The van der Waals surface area contributed by atoms with Gasteiger partial charge in [0.05, 0.1) is 5.69 Å². The van der Waals surface area contributed by atoms with Crippen molar-refractivity contribution in [2.24, 2.45) is 0 Å². The van der Waals surface area contributed by atoms with E-state index in [4.69, 9.17) is 10.1 Å². The minimum absolute atomic E-state index is 0.104. The number of rotatable bonds is 7. The third-order valence-corrected chi connectivity index (χ3v) is 10.3. The van der Waals surface area contributed by atoms with Crippen LogP contribution in [0.25, 0.3) is 50.5 Å². The van der Waals surface area contributed by atoms with E-state index in [-0.39, 0.29) is 10.8 Å². The average Bonchev–Trinajstić information content (AvgIpc) is 3.50. The number of aromatic nitrogens is 3. The van der Waals surface area contributed by atoms with E-state index in [1.54, 1.807) is 0 Å². The highest BCUT2D eigenvalue weighted by atomic mass is 15.4. The minimum Gasteiger partial charge on any atom is -0.212 e. The van der Waals surface area contributed by atoms with Crippen LogP contribution in [-0.2, 0) is 17.3 Å². The largest absolute Gasteiger partial charge is 0.212 e. The summed E-state index contributed by atoms with van der Waals surface area (Å²) in [5.41, 5.74) is 17.5. The molecule has 0 N–H and O–H groups in total. The van der Waals surface area contributed by atoms with E-state index in [1.807, 2.05) is 0 Å². The van der Waals surface area contributed by atoms with E-state index in [1.165, 1.54) is 66.8 Å². The highest BCUT2D eigenvalue weighted by molar-refractivity contribution is 5.85. The Hall–Kier alpha value is -4.76. The first kappa shape index (κ1) is 35.1. The Labute approximate surface area is 300 Å². The first-order valence-corrected chi connectivity index (χ1v) is 18.2. The molecule has 0 radical (unpaired) electrons. The van der Waals surface area contributed by atoms with E-state index in [0.29, 0.717) is 0 Å². The maximum atomic E-state index is 5.11. The fourth-order valence-corrected chi connectivity index (χ4v) is 7.09. The van der Waals surface area contributed by atoms with Crippen LogP contribution in [0.5, 0.6) is 0 Å². The van der Waals surface area contributed by atoms with Crippen molar-refractivity contribution in [1.29, 1.82) is 0 Å². The van der Waals surface area contributed by atoms with Crippen LogP contribution in [-0.4, -0.2) is 14.8 Å². The van der Waals surface area contributed by atoms with Crippen LogP contribution in [0.15, 0.2) is 97.1 Å². The zero-order valence-electron chi connectivity index (χ0n) is 32.0. The molecule has 256 valence electrons. The molecular formula is C47H53N3. The van der Waals surface area contributed by atoms with Crippen molar-refractivity contribution in [3.63, 3.8) is 0 Å². The third-order valence-electron chi connectivity index (χ3n) is 10.3. The number of aryl methyl sites for hydroxylation is 1. The number of benzene rings is 5. The molecule has 1 heterocycles. The van der Waals surface area contributed by atoms with Gasteiger partial charge in [-0.25, -0.2) is 9.67 Å². The van der Waals surface area contributed by atoms with Gasteiger partial charge in [0.1, 0.15) is 0 Å². The average molecular weight is 660 g/mol. The Morgan fingerprint density at radius 3 is 1.42 bits per heavy atom. The zero-order valence-corrected chi connectivity index (χ0v) is 32.0. The molecule has 5 aromatic carbocycles. The van der Waals surface area contributed by atoms with Crippen molar-refractivity contribution in [1.82, 2.24) is 14.8 Å². The van der Waals surface area contributed by atoms with E-state index in [2.05, 4.69) is 178 Å². The molecule has 6 rings (SSSR count). The van der Waals surface area contributed by atoms with Gasteiger partial charge < -0.3 is 0 Å². The van der Waals surface area contributed by atoms with Gasteiger partial charge in [-0.05, 0) is 130 Å². The van der Waals surface area contributed by atoms with Gasteiger partial charge in [-0.2, -0.15) is 5.10 Å². The summed E-state index contributed by atoms with van der Waals surface area (Å²) in [5, 5.41) is 5.11. The fourth-order valence-electron chi connectivity index (χ4n) is 7.09. The molecule has 0 unspecified atom stereocenters. The summed E-state index contributed by atoms with van der Waals surface area (Å²) < 4.78 is 2.10. The molecule has 0 aliphatic carbocycles. The van der Waals surface area contributed by atoms with Crippen molar-refractivity contribution in [3.8, 4) is 50.5 Å². The Bertz CT molecular complexity index is 2030. The molecule has 0 atom stereocenters. The summed E-state index contributed by atoms with van der Waals surface area (Å²) in [5.74, 6) is 1.78. The fraction of sp³-hybridized carbons (Fsp3) is 0.319. The quantitative estimate of drug-likeness (QED) is 0.171. The number of nitrogens with zero attached hydrogens (tertiary/aromatic N) is 3. The van der Waals surface area contributed by atoms with Crippen molar-refractivity contribution in [2.75, 3.05) is 0 Å². The number of hydrogen-bond donors (Lipinski definition) is 0. The molecule has 3 nitrogen and oxygen atoms in total. The molecule has 3 heteroatoms. The monoisotopic (exact) mass is 659 g/mol. The Balaban J connectivity index is 1.56. The zero-order chi connectivity index (χ0) is 36.0. The predicted octanol–water partition coefficient (Wildman–Crippen LogP) is 12.7. The second-order valence-electron chi connectivity index (χ2n) is 16.1. The van der Waals surface area contributed by atoms with E-state index >= 15 is 0 Å². The van der Waals surface area contributed by atoms with Crippen LogP contribution >= 0.6 is 0 Å². The molecule has 0 aliphatic rings. The maximum Gasteiger partial charge on any atom is 0.163 e. The molecule has 0 spiro atoms. The van der Waals surface area contributed by atoms with Gasteiger partial charge >= 0.3 is 0 Å². The molecule has 0 saturated heterocycles. The van der Waals surface area contributed by atoms with Gasteiger partial charge in [-0.3, -0.25) is 0 Å². The standard InChI is InChI=1S/C47H53N3/c1-12-16-42-48-45(36-17-14-13-15-18-36)50(49-42)44-32(4)30(2)43(31(3)33(44)5)39-28-37(34-19-23-40(24-20-34)46(6,7)8)27-38(29-39)35-21-25-41(26-22-35)47(9,10)11/h13-15,17-29H,12,16H2,1-11H3. The molecule has 6 aromatic rings. The Morgan fingerprint density at radius 2 is 0.980 bits per heavy atom. The first-order valence-electron chi connectivity index (χ1n) is 18.2. The molecule has 1 aromatic heterocycles. The third kappa shape index (κ3) is 6.84. The summed E-state index contributed by atoms with van der Waals surface area (Å²) in [6, 6.07) is 35.9. The normalized spacial score (nSPS) is 12.1. The minimum atomic E-state index is 0.104. The van der Waals surface area contributed by atoms with Gasteiger partial charge in [-0.15, -0.1) is 0 Å². The second kappa shape index (κ2) is 13.5. The van der Waals surface area contributed by atoms with Crippen molar-refractivity contribution in [2.45, 2.75) is 99.8 Å². The molecule has 50 heavy (non-hydrogen) atoms. The van der Waals surface area contributed by atoms with Crippen molar-refractivity contribution in [3.05, 3.63) is 136 Å². The van der Waals surface area contributed by atoms with Gasteiger partial charge in [-0.1, -0.05) is 127 Å². The second-order valence-corrected chi connectivity index (χ2v) is 16.1. The van der Waals surface area contributed by atoms with Gasteiger partial charge in [0, 0.05) is 12.0 Å². The van der Waals surface area contributed by atoms with Gasteiger partial charge in [0.25, 0.3) is 0 Å². The van der Waals surface area contributed by atoms with Gasteiger partial charge in [0.15, 0.2) is 11.6 Å². The molecular weight excluding hydrogens is 607 g/mol. The summed E-state index contributed by atoms with van der Waals surface area (Å²) in [4.78, 5) is 5.05. The van der Waals surface area contributed by atoms with Crippen molar-refractivity contribution < 1.29 is 0 Å². The van der Waals surface area contributed by atoms with Crippen LogP contribution in [0.3, 0.4) is 0 Å². The smallest absolute Gasteiger partial charge is 0.163 e. The summed E-state index contributed by atoms with van der Waals surface area (Å²) in [7, 11) is 0. The van der Waals surface area contributed by atoms with Gasteiger partial charge in [0.2, 0.25) is 0 Å². The molecule has 0 amide bonds. The maximum absolute atomic E-state index is 5.11. The SMILES string of the molecule is CCCc1nc(-c2ccccc2)n(-c2c(C)c(C)c(-c3cc(-c4ccc(C(C)(C)C)cc4)cc(-c4ccc(C(C)(C)C)cc4)c3)c(C)c2C)n1. The van der Waals surface area contributed by atoms with Crippen LogP contribution in [0.4, 0.5) is 0 Å². The molecule has 0 bridgehead atoms. The van der Waals surface area contributed by atoms with Crippen LogP contribution in [0, 0.1) is 27.7 Å². The lowest BCUT2D eigenvalue weighted by Crippen LogP contribution is -2.10. The van der Waals surface area contributed by atoms with Crippen molar-refractivity contribution >= 4 is 0 Å². The predicted molar refractivity (Wildman–Crippen MR) is 213 cm³/mol. The summed E-state index contributed by atoms with van der Waals surface area (Å²) in [6.45, 7) is 24.9. The Kier molecular flexibility index (Phi) is 9.48. The summed E-state index contributed by atoms with van der Waals surface area (Å²) >= 11 is 0. The lowest BCUT2D eigenvalue weighted by Gasteiger charge is -2.23. The Morgan fingerprint density at radius 1 is 0.520 bits per heavy atom. The van der Waals surface area contributed by atoms with Crippen LogP contribution in [0.1, 0.15) is 94.1 Å². The highest BCUT2D eigenvalue weighted by Crippen LogP contribution is 2.41. The van der Waals surface area contributed by atoms with E-state index in [0.717, 1.165) is 35.7 Å². The summed E-state index contributed by atoms with van der Waals surface area (Å²) in [6.07, 6.45) is 1.85. The number of hydrogen-bond acceptors (Lipinski definition) is 2. The molecule has 0 fully saturated rings. The van der Waals surface area contributed by atoms with Crippen LogP contribution < -0.4 is 0 Å².